The van der Waals surface area contributed by atoms with E-state index in [0.29, 0.717) is 25.2 Å². The molecule has 0 saturated carbocycles. The van der Waals surface area contributed by atoms with E-state index in [9.17, 15) is 9.59 Å². The van der Waals surface area contributed by atoms with E-state index in [2.05, 4.69) is 10.3 Å². The third-order valence-electron chi connectivity index (χ3n) is 2.84. The Balaban J connectivity index is 1.97. The number of ether oxygens (including phenoxy) is 1. The zero-order chi connectivity index (χ0) is 15.1. The molecule has 0 fully saturated rings. The smallest absolute Gasteiger partial charge is 0.270 e. The molecule has 7 heteroatoms. The number of aromatic nitrogens is 2. The summed E-state index contributed by atoms with van der Waals surface area (Å²) in [6.45, 7) is 1.09. The van der Waals surface area contributed by atoms with E-state index in [1.807, 2.05) is 0 Å². The summed E-state index contributed by atoms with van der Waals surface area (Å²) in [5, 5.41) is 11.2. The van der Waals surface area contributed by atoms with Crippen LogP contribution in [0.15, 0.2) is 35.4 Å². The van der Waals surface area contributed by atoms with Crippen LogP contribution in [0.4, 0.5) is 0 Å². The van der Waals surface area contributed by atoms with E-state index < -0.39 is 11.5 Å². The lowest BCUT2D eigenvalue weighted by molar-refractivity contribution is 0.0867. The van der Waals surface area contributed by atoms with Crippen LogP contribution < -0.4 is 10.9 Å². The zero-order valence-corrected chi connectivity index (χ0v) is 11.5. The number of rotatable bonds is 7. The molecule has 0 aliphatic carbocycles. The third kappa shape index (κ3) is 3.87. The number of carbonyl (C=O) groups is 1. The first kappa shape index (κ1) is 15.1. The highest BCUT2D eigenvalue weighted by Crippen LogP contribution is 1.97. The van der Waals surface area contributed by atoms with Crippen molar-refractivity contribution in [2.45, 2.75) is 6.42 Å². The Morgan fingerprint density at radius 2 is 2.24 bits per heavy atom. The van der Waals surface area contributed by atoms with Gasteiger partial charge in [-0.1, -0.05) is 6.07 Å². The van der Waals surface area contributed by atoms with Gasteiger partial charge in [0.1, 0.15) is 11.2 Å². The fraction of sp³-hybridized carbons (Fsp3) is 0.357. The lowest BCUT2D eigenvalue weighted by Gasteiger charge is -2.06. The number of amides is 1. The Morgan fingerprint density at radius 3 is 3.05 bits per heavy atom. The van der Waals surface area contributed by atoms with Crippen molar-refractivity contribution in [1.29, 1.82) is 0 Å². The van der Waals surface area contributed by atoms with Crippen molar-refractivity contribution in [2.75, 3.05) is 26.4 Å². The first-order valence-corrected chi connectivity index (χ1v) is 6.67. The Bertz CT molecular complexity index is 669. The number of fused-ring (bicyclic) bond motifs is 1. The van der Waals surface area contributed by atoms with Gasteiger partial charge in [-0.05, 0) is 18.6 Å². The highest BCUT2D eigenvalue weighted by atomic mass is 16.5. The molecule has 7 nitrogen and oxygen atoms in total. The van der Waals surface area contributed by atoms with Crippen molar-refractivity contribution in [3.05, 3.63) is 46.5 Å². The molecule has 0 unspecified atom stereocenters. The summed E-state index contributed by atoms with van der Waals surface area (Å²) >= 11 is 0. The number of aliphatic hydroxyl groups excluding tert-OH is 1. The van der Waals surface area contributed by atoms with Crippen LogP contribution in [-0.2, 0) is 4.74 Å². The Labute approximate surface area is 121 Å². The first-order chi connectivity index (χ1) is 10.2. The number of nitrogens with zero attached hydrogens (tertiary/aromatic N) is 2. The van der Waals surface area contributed by atoms with Crippen molar-refractivity contribution in [2.24, 2.45) is 0 Å². The molecule has 0 saturated heterocycles. The molecular formula is C14H17N3O4. The van der Waals surface area contributed by atoms with Gasteiger partial charge >= 0.3 is 0 Å². The topological polar surface area (TPSA) is 92.9 Å². The lowest BCUT2D eigenvalue weighted by atomic mass is 10.3. The van der Waals surface area contributed by atoms with E-state index >= 15 is 0 Å². The van der Waals surface area contributed by atoms with Gasteiger partial charge in [0.05, 0.1) is 13.2 Å². The number of carbonyl (C=O) groups excluding carboxylic acids is 1. The van der Waals surface area contributed by atoms with Gasteiger partial charge in [-0.25, -0.2) is 4.98 Å². The van der Waals surface area contributed by atoms with Crippen LogP contribution in [0, 0.1) is 0 Å². The number of pyridine rings is 1. The van der Waals surface area contributed by atoms with Gasteiger partial charge in [0, 0.05) is 25.5 Å². The van der Waals surface area contributed by atoms with Gasteiger partial charge < -0.3 is 15.2 Å². The maximum absolute atomic E-state index is 12.2. The highest BCUT2D eigenvalue weighted by Gasteiger charge is 2.12. The maximum atomic E-state index is 12.2. The van der Waals surface area contributed by atoms with Crippen LogP contribution in [0.1, 0.15) is 16.8 Å². The molecule has 0 bridgehead atoms. The van der Waals surface area contributed by atoms with Gasteiger partial charge in [-0.3, -0.25) is 14.0 Å². The van der Waals surface area contributed by atoms with Crippen molar-refractivity contribution >= 4 is 11.6 Å². The van der Waals surface area contributed by atoms with Gasteiger partial charge in [-0.2, -0.15) is 0 Å². The zero-order valence-electron chi connectivity index (χ0n) is 11.5. The molecule has 0 spiro atoms. The first-order valence-electron chi connectivity index (χ1n) is 6.67. The summed E-state index contributed by atoms with van der Waals surface area (Å²) in [6.07, 6.45) is 3.47. The second kappa shape index (κ2) is 7.51. The lowest BCUT2D eigenvalue weighted by Crippen LogP contribution is -2.32. The van der Waals surface area contributed by atoms with E-state index in [-0.39, 0.29) is 18.8 Å². The molecular weight excluding hydrogens is 274 g/mol. The van der Waals surface area contributed by atoms with E-state index in [1.165, 1.54) is 10.6 Å². The SMILES string of the molecule is O=C(NCCCOCCO)c1cnc2ccccn2c1=O. The molecule has 112 valence electrons. The summed E-state index contributed by atoms with van der Waals surface area (Å²) in [7, 11) is 0. The van der Waals surface area contributed by atoms with Crippen LogP contribution in [0.2, 0.25) is 0 Å². The quantitative estimate of drug-likeness (QED) is 0.691. The largest absolute Gasteiger partial charge is 0.394 e. The summed E-state index contributed by atoms with van der Waals surface area (Å²) in [6, 6.07) is 5.17. The molecule has 21 heavy (non-hydrogen) atoms. The predicted octanol–water partition coefficient (Wildman–Crippen LogP) is -0.177. The number of hydrogen-bond donors (Lipinski definition) is 2. The average Bonchev–Trinajstić information content (AvgIpc) is 2.51. The summed E-state index contributed by atoms with van der Waals surface area (Å²) in [4.78, 5) is 28.2. The molecule has 0 aliphatic rings. The number of nitrogens with one attached hydrogen (secondary N) is 1. The molecule has 2 rings (SSSR count). The molecule has 0 atom stereocenters. The second-order valence-corrected chi connectivity index (χ2v) is 4.35. The normalized spacial score (nSPS) is 10.7. The van der Waals surface area contributed by atoms with Crippen LogP contribution in [0.5, 0.6) is 0 Å². The third-order valence-corrected chi connectivity index (χ3v) is 2.84. The molecule has 2 heterocycles. The van der Waals surface area contributed by atoms with Gasteiger partial charge in [0.25, 0.3) is 11.5 Å². The minimum Gasteiger partial charge on any atom is -0.394 e. The monoisotopic (exact) mass is 291 g/mol. The summed E-state index contributed by atoms with van der Waals surface area (Å²) in [5.74, 6) is -0.451. The molecule has 2 N–H and O–H groups in total. The average molecular weight is 291 g/mol. The Hall–Kier alpha value is -2.25. The van der Waals surface area contributed by atoms with Gasteiger partial charge in [-0.15, -0.1) is 0 Å². The van der Waals surface area contributed by atoms with Crippen LogP contribution in [0.3, 0.4) is 0 Å². The van der Waals surface area contributed by atoms with Crippen molar-refractivity contribution < 1.29 is 14.6 Å². The predicted molar refractivity (Wildman–Crippen MR) is 76.3 cm³/mol. The maximum Gasteiger partial charge on any atom is 0.270 e. The molecule has 0 aromatic carbocycles. The van der Waals surface area contributed by atoms with Gasteiger partial charge in [0.2, 0.25) is 0 Å². The minimum absolute atomic E-state index is 0.00924. The van der Waals surface area contributed by atoms with Crippen LogP contribution in [-0.4, -0.2) is 46.8 Å². The molecule has 2 aromatic heterocycles. The summed E-state index contributed by atoms with van der Waals surface area (Å²) in [5.41, 5.74) is 0.112. The molecule has 0 aliphatic heterocycles. The van der Waals surface area contributed by atoms with Crippen molar-refractivity contribution in [3.8, 4) is 0 Å². The van der Waals surface area contributed by atoms with Crippen LogP contribution >= 0.6 is 0 Å². The van der Waals surface area contributed by atoms with E-state index in [4.69, 9.17) is 9.84 Å². The minimum atomic E-state index is -0.451. The summed E-state index contributed by atoms with van der Waals surface area (Å²) < 4.78 is 6.40. The molecule has 0 radical (unpaired) electrons. The second-order valence-electron chi connectivity index (χ2n) is 4.35. The Morgan fingerprint density at radius 1 is 1.38 bits per heavy atom. The molecule has 1 amide bonds. The van der Waals surface area contributed by atoms with E-state index in [0.717, 1.165) is 0 Å². The van der Waals surface area contributed by atoms with Crippen LogP contribution in [0.25, 0.3) is 5.65 Å². The number of hydrogen-bond acceptors (Lipinski definition) is 5. The fourth-order valence-electron chi connectivity index (χ4n) is 1.82. The van der Waals surface area contributed by atoms with Crippen molar-refractivity contribution in [3.63, 3.8) is 0 Å². The number of aliphatic hydroxyl groups is 1. The Kier molecular flexibility index (Phi) is 5.42. The van der Waals surface area contributed by atoms with Crippen molar-refractivity contribution in [1.82, 2.24) is 14.7 Å². The molecule has 2 aromatic rings. The van der Waals surface area contributed by atoms with Gasteiger partial charge in [0.15, 0.2) is 0 Å². The fourth-order valence-corrected chi connectivity index (χ4v) is 1.82. The standard InChI is InChI=1S/C14H17N3O4/c18-7-9-21-8-3-5-15-13(19)11-10-16-12-4-1-2-6-17(12)14(11)20/h1-2,4,6,10,18H,3,5,7-9H2,(H,15,19). The highest BCUT2D eigenvalue weighted by molar-refractivity contribution is 5.93. The van der Waals surface area contributed by atoms with E-state index in [1.54, 1.807) is 24.4 Å².